The van der Waals surface area contributed by atoms with Gasteiger partial charge in [0.25, 0.3) is 0 Å². The van der Waals surface area contributed by atoms with Crippen molar-refractivity contribution in [1.29, 1.82) is 0 Å². The van der Waals surface area contributed by atoms with Crippen LogP contribution in [-0.2, 0) is 0 Å². The smallest absolute Gasteiger partial charge is 0.148 e. The maximum absolute atomic E-state index is 9.44. The fraction of sp³-hybridized carbons (Fsp3) is 0.364. The van der Waals surface area contributed by atoms with Crippen LogP contribution in [-0.4, -0.2) is 17.0 Å². The molecule has 0 aromatic heterocycles. The molecule has 1 aliphatic rings. The highest BCUT2D eigenvalue weighted by Crippen LogP contribution is 2.22. The van der Waals surface area contributed by atoms with Gasteiger partial charge in [-0.05, 0) is 12.0 Å². The lowest BCUT2D eigenvalue weighted by molar-refractivity contribution is 0.141. The van der Waals surface area contributed by atoms with Gasteiger partial charge in [-0.2, -0.15) is 0 Å². The van der Waals surface area contributed by atoms with Crippen molar-refractivity contribution in [1.82, 2.24) is 0 Å². The third-order valence-corrected chi connectivity index (χ3v) is 2.42. The molecule has 0 radical (unpaired) electrons. The fourth-order valence-electron chi connectivity index (χ4n) is 1.57. The zero-order valence-corrected chi connectivity index (χ0v) is 7.64. The third-order valence-electron chi connectivity index (χ3n) is 2.42. The number of rotatable bonds is 1. The predicted molar refractivity (Wildman–Crippen MR) is 52.8 cm³/mol. The van der Waals surface area contributed by atoms with E-state index in [0.29, 0.717) is 0 Å². The summed E-state index contributed by atoms with van der Waals surface area (Å²) in [6, 6.07) is 10.0. The Labute approximate surface area is 77.9 Å². The molecule has 0 saturated heterocycles. The van der Waals surface area contributed by atoms with Gasteiger partial charge < -0.3 is 5.11 Å². The SMILES string of the molecule is C[C@H]1CC(c2ccccc2)=N[C@@H]1O. The molecule has 1 aliphatic heterocycles. The van der Waals surface area contributed by atoms with Crippen molar-refractivity contribution in [3.63, 3.8) is 0 Å². The van der Waals surface area contributed by atoms with E-state index in [-0.39, 0.29) is 5.92 Å². The lowest BCUT2D eigenvalue weighted by Crippen LogP contribution is -2.08. The van der Waals surface area contributed by atoms with Crippen molar-refractivity contribution in [3.8, 4) is 0 Å². The number of nitrogens with zero attached hydrogens (tertiary/aromatic N) is 1. The van der Waals surface area contributed by atoms with Crippen LogP contribution in [0.25, 0.3) is 0 Å². The molecular weight excluding hydrogens is 162 g/mol. The van der Waals surface area contributed by atoms with Crippen LogP contribution in [0.4, 0.5) is 0 Å². The number of hydrogen-bond donors (Lipinski definition) is 1. The normalized spacial score (nSPS) is 27.4. The van der Waals surface area contributed by atoms with Gasteiger partial charge in [0.1, 0.15) is 6.23 Å². The summed E-state index contributed by atoms with van der Waals surface area (Å²) in [6.07, 6.45) is 0.376. The highest BCUT2D eigenvalue weighted by atomic mass is 16.3. The van der Waals surface area contributed by atoms with Crippen molar-refractivity contribution in [3.05, 3.63) is 35.9 Å². The maximum Gasteiger partial charge on any atom is 0.148 e. The molecule has 0 fully saturated rings. The van der Waals surface area contributed by atoms with Gasteiger partial charge in [0.2, 0.25) is 0 Å². The Bertz CT molecular complexity index is 318. The molecule has 0 spiro atoms. The van der Waals surface area contributed by atoms with E-state index in [1.807, 2.05) is 37.3 Å². The van der Waals surface area contributed by atoms with Gasteiger partial charge in [-0.15, -0.1) is 0 Å². The predicted octanol–water partition coefficient (Wildman–Crippen LogP) is 1.83. The summed E-state index contributed by atoms with van der Waals surface area (Å²) < 4.78 is 0. The van der Waals surface area contributed by atoms with E-state index < -0.39 is 6.23 Å². The second-order valence-electron chi connectivity index (χ2n) is 3.54. The van der Waals surface area contributed by atoms with E-state index >= 15 is 0 Å². The minimum absolute atomic E-state index is 0.259. The van der Waals surface area contributed by atoms with E-state index in [0.717, 1.165) is 17.7 Å². The summed E-state index contributed by atoms with van der Waals surface area (Å²) in [5.74, 6) is 0.259. The topological polar surface area (TPSA) is 32.6 Å². The molecule has 0 saturated carbocycles. The van der Waals surface area contributed by atoms with Crippen molar-refractivity contribution < 1.29 is 5.11 Å². The van der Waals surface area contributed by atoms with Gasteiger partial charge in [0.15, 0.2) is 0 Å². The summed E-state index contributed by atoms with van der Waals surface area (Å²) in [6.45, 7) is 2.02. The molecule has 2 rings (SSSR count). The van der Waals surface area contributed by atoms with Crippen LogP contribution in [0.15, 0.2) is 35.3 Å². The van der Waals surface area contributed by atoms with E-state index in [1.165, 1.54) is 0 Å². The summed E-state index contributed by atoms with van der Waals surface area (Å²) in [5.41, 5.74) is 2.16. The Kier molecular flexibility index (Phi) is 2.15. The number of aliphatic hydroxyl groups is 1. The van der Waals surface area contributed by atoms with Crippen molar-refractivity contribution in [2.45, 2.75) is 19.6 Å². The Morgan fingerprint density at radius 2 is 2.00 bits per heavy atom. The molecule has 1 aromatic rings. The van der Waals surface area contributed by atoms with Gasteiger partial charge in [0.05, 0.1) is 0 Å². The Balaban J connectivity index is 2.25. The van der Waals surface area contributed by atoms with E-state index in [9.17, 15) is 5.11 Å². The van der Waals surface area contributed by atoms with Crippen LogP contribution >= 0.6 is 0 Å². The van der Waals surface area contributed by atoms with Crippen LogP contribution < -0.4 is 0 Å². The number of hydrogen-bond acceptors (Lipinski definition) is 2. The van der Waals surface area contributed by atoms with Crippen molar-refractivity contribution in [2.24, 2.45) is 10.9 Å². The molecule has 0 amide bonds. The summed E-state index contributed by atoms with van der Waals surface area (Å²) >= 11 is 0. The molecule has 0 aliphatic carbocycles. The van der Waals surface area contributed by atoms with Gasteiger partial charge in [0, 0.05) is 11.6 Å². The van der Waals surface area contributed by atoms with Crippen molar-refractivity contribution in [2.75, 3.05) is 0 Å². The average Bonchev–Trinajstić information content (AvgIpc) is 2.49. The first-order valence-corrected chi connectivity index (χ1v) is 4.57. The van der Waals surface area contributed by atoms with Crippen LogP contribution in [0.1, 0.15) is 18.9 Å². The van der Waals surface area contributed by atoms with Crippen LogP contribution in [0.2, 0.25) is 0 Å². The Hall–Kier alpha value is -1.15. The van der Waals surface area contributed by atoms with Crippen LogP contribution in [0, 0.1) is 5.92 Å². The first-order valence-electron chi connectivity index (χ1n) is 4.57. The summed E-state index contributed by atoms with van der Waals surface area (Å²) in [5, 5.41) is 9.44. The second kappa shape index (κ2) is 3.30. The van der Waals surface area contributed by atoms with Gasteiger partial charge in [-0.25, -0.2) is 0 Å². The molecular formula is C11H13NO. The zero-order valence-electron chi connectivity index (χ0n) is 7.64. The molecule has 2 heteroatoms. The van der Waals surface area contributed by atoms with Crippen LogP contribution in [0.3, 0.4) is 0 Å². The van der Waals surface area contributed by atoms with Gasteiger partial charge in [-0.3, -0.25) is 4.99 Å². The molecule has 1 heterocycles. The fourth-order valence-corrected chi connectivity index (χ4v) is 1.57. The minimum Gasteiger partial charge on any atom is -0.372 e. The summed E-state index contributed by atoms with van der Waals surface area (Å²) in [4.78, 5) is 4.21. The average molecular weight is 175 g/mol. The lowest BCUT2D eigenvalue weighted by atomic mass is 10.0. The van der Waals surface area contributed by atoms with E-state index in [1.54, 1.807) is 0 Å². The first kappa shape index (κ1) is 8.45. The number of aliphatic hydroxyl groups excluding tert-OH is 1. The quantitative estimate of drug-likeness (QED) is 0.694. The molecule has 0 unspecified atom stereocenters. The zero-order chi connectivity index (χ0) is 9.26. The van der Waals surface area contributed by atoms with E-state index in [4.69, 9.17) is 0 Å². The molecule has 0 bridgehead atoms. The van der Waals surface area contributed by atoms with E-state index in [2.05, 4.69) is 4.99 Å². The number of benzene rings is 1. The largest absolute Gasteiger partial charge is 0.372 e. The van der Waals surface area contributed by atoms with Crippen LogP contribution in [0.5, 0.6) is 0 Å². The summed E-state index contributed by atoms with van der Waals surface area (Å²) in [7, 11) is 0. The molecule has 2 nitrogen and oxygen atoms in total. The molecule has 2 atom stereocenters. The number of aliphatic imine (C=N–C) groups is 1. The molecule has 13 heavy (non-hydrogen) atoms. The van der Waals surface area contributed by atoms with Gasteiger partial charge >= 0.3 is 0 Å². The minimum atomic E-state index is -0.504. The highest BCUT2D eigenvalue weighted by molar-refractivity contribution is 6.01. The lowest BCUT2D eigenvalue weighted by Gasteiger charge is -2.03. The third kappa shape index (κ3) is 1.63. The monoisotopic (exact) mass is 175 g/mol. The standard InChI is InChI=1S/C11H13NO/c1-8-7-10(12-11(8)13)9-5-3-2-4-6-9/h2-6,8,11,13H,7H2,1H3/t8-,11+/m0/s1. The Morgan fingerprint density at radius 1 is 1.31 bits per heavy atom. The Morgan fingerprint density at radius 3 is 2.54 bits per heavy atom. The first-order chi connectivity index (χ1) is 6.27. The van der Waals surface area contributed by atoms with Crippen molar-refractivity contribution >= 4 is 5.71 Å². The molecule has 1 aromatic carbocycles. The molecule has 68 valence electrons. The second-order valence-corrected chi connectivity index (χ2v) is 3.54. The maximum atomic E-state index is 9.44. The highest BCUT2D eigenvalue weighted by Gasteiger charge is 2.23. The molecule has 1 N–H and O–H groups in total. The van der Waals surface area contributed by atoms with Gasteiger partial charge in [-0.1, -0.05) is 37.3 Å².